The summed E-state index contributed by atoms with van der Waals surface area (Å²) in [5.74, 6) is -2.54. The fraction of sp³-hybridized carbons (Fsp3) is 0.550. The van der Waals surface area contributed by atoms with Gasteiger partial charge in [-0.15, -0.1) is 0 Å². The number of carbonyl (C=O) groups excluding carboxylic acids is 2. The lowest BCUT2D eigenvalue weighted by atomic mass is 9.72. The topological polar surface area (TPSA) is 93.1 Å². The van der Waals surface area contributed by atoms with Crippen LogP contribution in [0.2, 0.25) is 0 Å². The highest BCUT2D eigenvalue weighted by molar-refractivity contribution is 5.85. The number of amides is 1. The van der Waals surface area contributed by atoms with Crippen LogP contribution in [0.25, 0.3) is 0 Å². The summed E-state index contributed by atoms with van der Waals surface area (Å²) in [6.07, 6.45) is -0.374. The van der Waals surface area contributed by atoms with E-state index >= 15 is 0 Å². The fourth-order valence-corrected chi connectivity index (χ4v) is 3.10. The number of carbonyl (C=O) groups is 3. The van der Waals surface area contributed by atoms with Crippen molar-refractivity contribution in [3.05, 3.63) is 35.9 Å². The highest BCUT2D eigenvalue weighted by Crippen LogP contribution is 2.37. The molecule has 148 valence electrons. The molecule has 1 heterocycles. The minimum absolute atomic E-state index is 0.0850. The van der Waals surface area contributed by atoms with Gasteiger partial charge in [-0.25, -0.2) is 4.79 Å². The minimum atomic E-state index is -1.44. The molecule has 1 amide bonds. The maximum atomic E-state index is 12.6. The lowest BCUT2D eigenvalue weighted by Crippen LogP contribution is -2.56. The van der Waals surface area contributed by atoms with E-state index < -0.39 is 35.0 Å². The molecule has 2 atom stereocenters. The van der Waals surface area contributed by atoms with Gasteiger partial charge in [0.05, 0.1) is 11.3 Å². The van der Waals surface area contributed by atoms with E-state index in [2.05, 4.69) is 0 Å². The third kappa shape index (κ3) is 5.21. The number of rotatable bonds is 4. The quantitative estimate of drug-likeness (QED) is 0.811. The lowest BCUT2D eigenvalue weighted by Gasteiger charge is -2.42. The molecule has 1 aromatic rings. The van der Waals surface area contributed by atoms with Crippen LogP contribution in [0.4, 0.5) is 4.79 Å². The third-order valence-corrected chi connectivity index (χ3v) is 4.62. The number of hydrogen-bond acceptors (Lipinski definition) is 5. The number of carboxylic acids is 1. The maximum absolute atomic E-state index is 12.6. The van der Waals surface area contributed by atoms with Crippen LogP contribution in [0.1, 0.15) is 39.7 Å². The average Bonchev–Trinajstić information content (AvgIpc) is 2.59. The lowest BCUT2D eigenvalue weighted by molar-refractivity contribution is -0.170. The van der Waals surface area contributed by atoms with Gasteiger partial charge in [0.1, 0.15) is 12.2 Å². The van der Waals surface area contributed by atoms with Crippen LogP contribution in [-0.2, 0) is 25.7 Å². The molecule has 1 aliphatic heterocycles. The summed E-state index contributed by atoms with van der Waals surface area (Å²) in [4.78, 5) is 38.2. The Balaban J connectivity index is 2.08. The van der Waals surface area contributed by atoms with Gasteiger partial charge in [-0.1, -0.05) is 30.3 Å². The Morgan fingerprint density at radius 2 is 1.85 bits per heavy atom. The largest absolute Gasteiger partial charge is 0.481 e. The molecule has 7 nitrogen and oxygen atoms in total. The number of aliphatic carboxylic acids is 1. The number of nitrogens with zero attached hydrogens (tertiary/aromatic N) is 1. The van der Waals surface area contributed by atoms with Crippen molar-refractivity contribution in [2.45, 2.75) is 46.3 Å². The molecule has 1 N–H and O–H groups in total. The van der Waals surface area contributed by atoms with Gasteiger partial charge in [0.2, 0.25) is 0 Å². The van der Waals surface area contributed by atoms with E-state index in [-0.39, 0.29) is 26.1 Å². The molecule has 7 heteroatoms. The number of hydrogen-bond donors (Lipinski definition) is 1. The van der Waals surface area contributed by atoms with Gasteiger partial charge >= 0.3 is 18.0 Å². The van der Waals surface area contributed by atoms with Crippen LogP contribution < -0.4 is 0 Å². The van der Waals surface area contributed by atoms with Crippen LogP contribution >= 0.6 is 0 Å². The zero-order chi connectivity index (χ0) is 20.2. The molecule has 1 saturated heterocycles. The smallest absolute Gasteiger partial charge is 0.410 e. The van der Waals surface area contributed by atoms with Crippen LogP contribution in [0.5, 0.6) is 0 Å². The van der Waals surface area contributed by atoms with E-state index in [1.165, 1.54) is 11.8 Å². The molecule has 0 spiro atoms. The standard InChI is InChI=1S/C20H27NO6/c1-19(2,3)27-18(25)21-11-10-15(20(4,13-21)17(23)24)16(22)26-12-14-8-6-5-7-9-14/h5-9,15H,10-13H2,1-4H3,(H,23,24)/t15-,20-/m1/s1. The van der Waals surface area contributed by atoms with Gasteiger partial charge in [0.25, 0.3) is 0 Å². The molecule has 0 radical (unpaired) electrons. The first-order valence-corrected chi connectivity index (χ1v) is 8.95. The minimum Gasteiger partial charge on any atom is -0.481 e. The van der Waals surface area contributed by atoms with Gasteiger partial charge in [-0.3, -0.25) is 9.59 Å². The summed E-state index contributed by atoms with van der Waals surface area (Å²) < 4.78 is 10.7. The van der Waals surface area contributed by atoms with Gasteiger partial charge in [0, 0.05) is 13.1 Å². The van der Waals surface area contributed by atoms with Crippen LogP contribution in [0.3, 0.4) is 0 Å². The molecule has 0 bridgehead atoms. The second-order valence-corrected chi connectivity index (χ2v) is 8.06. The summed E-state index contributed by atoms with van der Waals surface area (Å²) in [7, 11) is 0. The predicted octanol–water partition coefficient (Wildman–Crippen LogP) is 3.08. The second kappa shape index (κ2) is 7.98. The summed E-state index contributed by atoms with van der Waals surface area (Å²) in [5.41, 5.74) is -1.29. The molecule has 27 heavy (non-hydrogen) atoms. The molecule has 1 aromatic carbocycles. The summed E-state index contributed by atoms with van der Waals surface area (Å²) in [6, 6.07) is 9.19. The zero-order valence-electron chi connectivity index (χ0n) is 16.2. The Morgan fingerprint density at radius 1 is 1.22 bits per heavy atom. The van der Waals surface area contributed by atoms with E-state index in [0.717, 1.165) is 5.56 Å². The number of ether oxygens (including phenoxy) is 2. The first-order valence-electron chi connectivity index (χ1n) is 8.95. The number of esters is 1. The van der Waals surface area contributed by atoms with E-state index in [9.17, 15) is 19.5 Å². The van der Waals surface area contributed by atoms with Crippen molar-refractivity contribution >= 4 is 18.0 Å². The van der Waals surface area contributed by atoms with Crippen molar-refractivity contribution in [1.29, 1.82) is 0 Å². The van der Waals surface area contributed by atoms with E-state index in [4.69, 9.17) is 9.47 Å². The highest BCUT2D eigenvalue weighted by Gasteiger charge is 2.51. The van der Waals surface area contributed by atoms with Crippen LogP contribution in [-0.4, -0.2) is 46.7 Å². The molecule has 0 aromatic heterocycles. The first kappa shape index (κ1) is 20.7. The van der Waals surface area contributed by atoms with E-state index in [1.54, 1.807) is 20.8 Å². The van der Waals surface area contributed by atoms with Gasteiger partial charge in [-0.2, -0.15) is 0 Å². The number of piperidine rings is 1. The molecule has 1 fully saturated rings. The summed E-state index contributed by atoms with van der Waals surface area (Å²) >= 11 is 0. The summed E-state index contributed by atoms with van der Waals surface area (Å²) in [6.45, 7) is 6.92. The average molecular weight is 377 g/mol. The number of benzene rings is 1. The monoisotopic (exact) mass is 377 g/mol. The van der Waals surface area contributed by atoms with Gasteiger partial charge in [-0.05, 0) is 39.7 Å². The molecule has 0 aliphatic carbocycles. The Labute approximate surface area is 159 Å². The van der Waals surface area contributed by atoms with Crippen molar-refractivity contribution in [3.8, 4) is 0 Å². The summed E-state index contributed by atoms with van der Waals surface area (Å²) in [5, 5.41) is 9.75. The molecule has 1 aliphatic rings. The molecule has 0 unspecified atom stereocenters. The van der Waals surface area contributed by atoms with Crippen molar-refractivity contribution in [1.82, 2.24) is 4.90 Å². The molecular formula is C20H27NO6. The van der Waals surface area contributed by atoms with Crippen LogP contribution in [0.15, 0.2) is 30.3 Å². The van der Waals surface area contributed by atoms with Gasteiger partial charge in [0.15, 0.2) is 0 Å². The molecular weight excluding hydrogens is 350 g/mol. The van der Waals surface area contributed by atoms with E-state index in [1.807, 2.05) is 30.3 Å². The Hall–Kier alpha value is -2.57. The van der Waals surface area contributed by atoms with Crippen molar-refractivity contribution in [3.63, 3.8) is 0 Å². The van der Waals surface area contributed by atoms with Crippen molar-refractivity contribution in [2.75, 3.05) is 13.1 Å². The number of carboxylic acid groups (broad SMARTS) is 1. The van der Waals surface area contributed by atoms with Crippen LogP contribution in [0, 0.1) is 11.3 Å². The number of likely N-dealkylation sites (tertiary alicyclic amines) is 1. The second-order valence-electron chi connectivity index (χ2n) is 8.06. The zero-order valence-corrected chi connectivity index (χ0v) is 16.2. The SMILES string of the molecule is CC(C)(C)OC(=O)N1CC[C@H](C(=O)OCc2ccccc2)[C@](C)(C(=O)O)C1. The van der Waals surface area contributed by atoms with Crippen molar-refractivity contribution < 1.29 is 29.0 Å². The highest BCUT2D eigenvalue weighted by atomic mass is 16.6. The predicted molar refractivity (Wildman–Crippen MR) is 97.9 cm³/mol. The Bertz CT molecular complexity index is 696. The van der Waals surface area contributed by atoms with E-state index in [0.29, 0.717) is 0 Å². The molecule has 0 saturated carbocycles. The third-order valence-electron chi connectivity index (χ3n) is 4.62. The Morgan fingerprint density at radius 3 is 2.41 bits per heavy atom. The van der Waals surface area contributed by atoms with Crippen molar-refractivity contribution in [2.24, 2.45) is 11.3 Å². The molecule has 2 rings (SSSR count). The Kier molecular flexibility index (Phi) is 6.13. The maximum Gasteiger partial charge on any atom is 0.410 e. The van der Waals surface area contributed by atoms with Gasteiger partial charge < -0.3 is 19.5 Å². The first-order chi connectivity index (χ1) is 12.5. The normalized spacial score (nSPS) is 22.8. The fourth-order valence-electron chi connectivity index (χ4n) is 3.10.